The van der Waals surface area contributed by atoms with Gasteiger partial charge in [-0.2, -0.15) is 5.26 Å². The average molecular weight is 126 g/mol. The highest BCUT2D eigenvalue weighted by Crippen LogP contribution is 1.84. The van der Waals surface area contributed by atoms with Gasteiger partial charge in [0.2, 0.25) is 0 Å². The molecule has 48 valence electrons. The van der Waals surface area contributed by atoms with Gasteiger partial charge in [-0.25, -0.2) is 0 Å². The summed E-state index contributed by atoms with van der Waals surface area (Å²) < 4.78 is 0. The number of nitriles is 1. The van der Waals surface area contributed by atoms with Crippen LogP contribution in [-0.2, 0) is 9.59 Å². The number of carbonyl (C=O) groups excluding carboxylic acids is 2. The minimum Gasteiger partial charge on any atom is -0.550 e. The van der Waals surface area contributed by atoms with Gasteiger partial charge in [-0.15, -0.1) is 0 Å². The molecule has 9 heavy (non-hydrogen) atoms. The predicted octanol–water partition coefficient (Wildman–Crippen LogP) is -1.39. The molecule has 0 saturated heterocycles. The van der Waals surface area contributed by atoms with Crippen molar-refractivity contribution in [1.29, 1.82) is 5.26 Å². The lowest BCUT2D eigenvalue weighted by Crippen LogP contribution is -2.24. The quantitative estimate of drug-likeness (QED) is 0.436. The zero-order valence-corrected chi connectivity index (χ0v) is 4.59. The van der Waals surface area contributed by atoms with Gasteiger partial charge < -0.3 is 9.90 Å². The lowest BCUT2D eigenvalue weighted by atomic mass is 10.2. The summed E-state index contributed by atoms with van der Waals surface area (Å²) >= 11 is 0. The van der Waals surface area contributed by atoms with Crippen LogP contribution in [0.25, 0.3) is 0 Å². The molecule has 0 N–H and O–H groups in total. The van der Waals surface area contributed by atoms with E-state index < -0.39 is 18.2 Å². The van der Waals surface area contributed by atoms with Gasteiger partial charge in [-0.1, -0.05) is 0 Å². The van der Waals surface area contributed by atoms with Gasteiger partial charge in [0, 0.05) is 12.4 Å². The first-order valence-corrected chi connectivity index (χ1v) is 2.25. The molecule has 4 heteroatoms. The molecule has 0 aromatic carbocycles. The Kier molecular flexibility index (Phi) is 3.06. The molecule has 0 amide bonds. The summed E-state index contributed by atoms with van der Waals surface area (Å²) in [5.41, 5.74) is 0. The molecule has 0 fully saturated rings. The average Bonchev–Trinajstić information content (AvgIpc) is 1.63. The Morgan fingerprint density at radius 3 is 2.44 bits per heavy atom. The molecule has 0 aliphatic carbocycles. The highest BCUT2D eigenvalue weighted by molar-refractivity contribution is 5.94. The van der Waals surface area contributed by atoms with Crippen molar-refractivity contribution >= 4 is 11.8 Å². The highest BCUT2D eigenvalue weighted by atomic mass is 16.4. The summed E-state index contributed by atoms with van der Waals surface area (Å²) in [7, 11) is 0. The maximum Gasteiger partial charge on any atom is 0.152 e. The zero-order valence-electron chi connectivity index (χ0n) is 4.59. The number of hydrogen-bond donors (Lipinski definition) is 0. The van der Waals surface area contributed by atoms with Gasteiger partial charge in [0.15, 0.2) is 5.78 Å². The van der Waals surface area contributed by atoms with E-state index in [0.717, 1.165) is 0 Å². The number of carboxylic acids is 1. The third-order valence-corrected chi connectivity index (χ3v) is 0.618. The van der Waals surface area contributed by atoms with Crippen molar-refractivity contribution < 1.29 is 14.7 Å². The van der Waals surface area contributed by atoms with Crippen molar-refractivity contribution in [3.63, 3.8) is 0 Å². The largest absolute Gasteiger partial charge is 0.550 e. The fraction of sp³-hybridized carbons (Fsp3) is 0.400. The fourth-order valence-electron chi connectivity index (χ4n) is 0.312. The second-order valence-electron chi connectivity index (χ2n) is 1.42. The summed E-state index contributed by atoms with van der Waals surface area (Å²) in [5.74, 6) is -2.05. The minimum absolute atomic E-state index is 0.353. The summed E-state index contributed by atoms with van der Waals surface area (Å²) in [4.78, 5) is 19.9. The Balaban J connectivity index is 3.54. The maximum atomic E-state index is 10.2. The maximum absolute atomic E-state index is 10.2. The number of carbonyl (C=O) groups is 2. The third-order valence-electron chi connectivity index (χ3n) is 0.618. The number of ketones is 1. The van der Waals surface area contributed by atoms with E-state index >= 15 is 0 Å². The Labute approximate surface area is 51.7 Å². The van der Waals surface area contributed by atoms with Crippen molar-refractivity contribution in [2.45, 2.75) is 12.8 Å². The molecule has 0 aliphatic rings. The van der Waals surface area contributed by atoms with E-state index in [1.807, 2.05) is 0 Å². The first-order chi connectivity index (χ1) is 4.16. The van der Waals surface area contributed by atoms with Crippen LogP contribution in [0.5, 0.6) is 0 Å². The highest BCUT2D eigenvalue weighted by Gasteiger charge is 1.98. The third kappa shape index (κ3) is 4.48. The first kappa shape index (κ1) is 7.63. The number of hydrogen-bond acceptors (Lipinski definition) is 4. The van der Waals surface area contributed by atoms with Crippen molar-refractivity contribution in [3.05, 3.63) is 0 Å². The van der Waals surface area contributed by atoms with Crippen LogP contribution in [0.1, 0.15) is 12.8 Å². The number of Topliss-reactive ketones (excluding diaryl/α,β-unsaturated/α-hetero) is 1. The molecule has 0 aromatic rings. The van der Waals surface area contributed by atoms with Crippen LogP contribution in [0.3, 0.4) is 0 Å². The lowest BCUT2D eigenvalue weighted by molar-refractivity contribution is -0.304. The number of rotatable bonds is 3. The normalized spacial score (nSPS) is 7.89. The van der Waals surface area contributed by atoms with Crippen LogP contribution in [0.4, 0.5) is 0 Å². The van der Waals surface area contributed by atoms with Gasteiger partial charge in [0.05, 0.1) is 12.5 Å². The summed E-state index contributed by atoms with van der Waals surface area (Å²) in [5, 5.41) is 17.5. The molecule has 0 saturated carbocycles. The molecule has 0 unspecified atom stereocenters. The molecule has 0 radical (unpaired) electrons. The molecule has 0 bridgehead atoms. The second kappa shape index (κ2) is 3.61. The molecule has 4 nitrogen and oxygen atoms in total. The summed E-state index contributed by atoms with van der Waals surface area (Å²) in [6.07, 6.45) is -1.01. The van der Waals surface area contributed by atoms with E-state index in [4.69, 9.17) is 5.26 Å². The van der Waals surface area contributed by atoms with Gasteiger partial charge in [0.1, 0.15) is 0 Å². The Hall–Kier alpha value is -1.37. The van der Waals surface area contributed by atoms with Crippen LogP contribution < -0.4 is 5.11 Å². The van der Waals surface area contributed by atoms with Crippen molar-refractivity contribution in [2.75, 3.05) is 0 Å². The smallest absolute Gasteiger partial charge is 0.152 e. The second-order valence-corrected chi connectivity index (χ2v) is 1.42. The van der Waals surface area contributed by atoms with E-state index in [1.54, 1.807) is 0 Å². The van der Waals surface area contributed by atoms with Crippen LogP contribution in [0, 0.1) is 11.3 Å². The van der Waals surface area contributed by atoms with Crippen LogP contribution in [-0.4, -0.2) is 11.8 Å². The molecule has 0 rings (SSSR count). The first-order valence-electron chi connectivity index (χ1n) is 2.25. The van der Waals surface area contributed by atoms with E-state index in [0.29, 0.717) is 0 Å². The SMILES string of the molecule is N#CCC(=O)CC(=O)[O-]. The van der Waals surface area contributed by atoms with E-state index in [-0.39, 0.29) is 6.42 Å². The molecule has 0 atom stereocenters. The molecule has 0 aromatic heterocycles. The Morgan fingerprint density at radius 2 is 2.11 bits per heavy atom. The molecular formula is C5H4NO3-. The molecule has 0 spiro atoms. The van der Waals surface area contributed by atoms with Gasteiger partial charge >= 0.3 is 0 Å². The molecular weight excluding hydrogens is 122 g/mol. The van der Waals surface area contributed by atoms with Gasteiger partial charge in [-0.05, 0) is 0 Å². The fourth-order valence-corrected chi connectivity index (χ4v) is 0.312. The summed E-state index contributed by atoms with van der Waals surface area (Å²) in [6, 6.07) is 1.53. The van der Waals surface area contributed by atoms with Crippen molar-refractivity contribution in [2.24, 2.45) is 0 Å². The lowest BCUT2D eigenvalue weighted by Gasteiger charge is -1.94. The topological polar surface area (TPSA) is 81.0 Å². The van der Waals surface area contributed by atoms with Gasteiger partial charge in [0.25, 0.3) is 0 Å². The van der Waals surface area contributed by atoms with E-state index in [9.17, 15) is 14.7 Å². The van der Waals surface area contributed by atoms with Crippen molar-refractivity contribution in [3.8, 4) is 6.07 Å². The van der Waals surface area contributed by atoms with E-state index in [2.05, 4.69) is 0 Å². The molecule has 0 heterocycles. The Bertz CT molecular complexity index is 168. The zero-order chi connectivity index (χ0) is 7.28. The Morgan fingerprint density at radius 1 is 1.56 bits per heavy atom. The van der Waals surface area contributed by atoms with Crippen molar-refractivity contribution in [1.82, 2.24) is 0 Å². The summed E-state index contributed by atoms with van der Waals surface area (Å²) in [6.45, 7) is 0. The van der Waals surface area contributed by atoms with Gasteiger partial charge in [-0.3, -0.25) is 4.79 Å². The van der Waals surface area contributed by atoms with Crippen LogP contribution in [0.2, 0.25) is 0 Å². The number of carboxylic acid groups (broad SMARTS) is 1. The monoisotopic (exact) mass is 126 g/mol. The number of nitrogens with zero attached hydrogens (tertiary/aromatic N) is 1. The minimum atomic E-state index is -1.43. The predicted molar refractivity (Wildman–Crippen MR) is 24.9 cm³/mol. The van der Waals surface area contributed by atoms with Crippen LogP contribution in [0.15, 0.2) is 0 Å². The van der Waals surface area contributed by atoms with Crippen LogP contribution >= 0.6 is 0 Å². The standard InChI is InChI=1S/C5H5NO3/c6-2-1-4(7)3-5(8)9/h1,3H2,(H,8,9)/p-1. The van der Waals surface area contributed by atoms with E-state index in [1.165, 1.54) is 6.07 Å². The number of aliphatic carboxylic acids is 1. The molecule has 0 aliphatic heterocycles.